The summed E-state index contributed by atoms with van der Waals surface area (Å²) in [4.78, 5) is 13.6. The van der Waals surface area contributed by atoms with E-state index in [4.69, 9.17) is 5.73 Å². The number of rotatable bonds is 2. The molecule has 66 valence electrons. The Morgan fingerprint density at radius 3 is 2.83 bits per heavy atom. The minimum absolute atomic E-state index is 0.187. The average Bonchev–Trinajstić information content (AvgIpc) is 1.98. The summed E-state index contributed by atoms with van der Waals surface area (Å²) in [7, 11) is 0. The number of anilines is 1. The molecule has 0 fully saturated rings. The topological polar surface area (TPSA) is 58.9 Å². The molecule has 0 unspecified atom stereocenters. The lowest BCUT2D eigenvalue weighted by Crippen LogP contribution is -2.14. The highest BCUT2D eigenvalue weighted by Gasteiger charge is 2.03. The van der Waals surface area contributed by atoms with Gasteiger partial charge in [-0.1, -0.05) is 13.8 Å². The van der Waals surface area contributed by atoms with Gasteiger partial charge in [-0.2, -0.15) is 0 Å². The van der Waals surface area contributed by atoms with Gasteiger partial charge in [0, 0.05) is 6.20 Å². The monoisotopic (exact) mass is 166 g/mol. The summed E-state index contributed by atoms with van der Waals surface area (Å²) in [5.41, 5.74) is 6.69. The number of pyridine rings is 1. The first-order chi connectivity index (χ1) is 5.61. The van der Waals surface area contributed by atoms with Crippen LogP contribution in [-0.2, 0) is 6.42 Å². The number of hydrogen-bond donors (Lipinski definition) is 2. The maximum Gasteiger partial charge on any atom is 0.271 e. The van der Waals surface area contributed by atoms with Crippen LogP contribution in [0.25, 0.3) is 0 Å². The molecule has 0 aliphatic heterocycles. The van der Waals surface area contributed by atoms with E-state index in [-0.39, 0.29) is 5.56 Å². The van der Waals surface area contributed by atoms with Crippen molar-refractivity contribution in [3.63, 3.8) is 0 Å². The normalized spacial score (nSPS) is 10.6. The summed E-state index contributed by atoms with van der Waals surface area (Å²) >= 11 is 0. The number of hydrogen-bond acceptors (Lipinski definition) is 2. The maximum absolute atomic E-state index is 11.0. The van der Waals surface area contributed by atoms with Crippen LogP contribution in [0, 0.1) is 5.92 Å². The molecule has 1 heterocycles. The van der Waals surface area contributed by atoms with E-state index in [2.05, 4.69) is 18.8 Å². The van der Waals surface area contributed by atoms with E-state index >= 15 is 0 Å². The van der Waals surface area contributed by atoms with Crippen molar-refractivity contribution >= 4 is 5.69 Å². The molecule has 1 rings (SSSR count). The summed E-state index contributed by atoms with van der Waals surface area (Å²) in [6.45, 7) is 4.20. The second kappa shape index (κ2) is 3.43. The number of aromatic amines is 1. The first-order valence-corrected chi connectivity index (χ1v) is 4.07. The fraction of sp³-hybridized carbons (Fsp3) is 0.444. The molecule has 3 heteroatoms. The number of nitrogens with one attached hydrogen (secondary N) is 1. The fourth-order valence-corrected chi connectivity index (χ4v) is 1.15. The SMILES string of the molecule is CC(C)Cc1cc[nH]c(=O)c1N. The van der Waals surface area contributed by atoms with E-state index in [0.29, 0.717) is 11.6 Å². The molecule has 1 aromatic rings. The van der Waals surface area contributed by atoms with Gasteiger partial charge in [0.25, 0.3) is 5.56 Å². The molecular weight excluding hydrogens is 152 g/mol. The Kier molecular flexibility index (Phi) is 2.53. The molecule has 12 heavy (non-hydrogen) atoms. The molecule has 0 aromatic carbocycles. The number of aromatic nitrogens is 1. The lowest BCUT2D eigenvalue weighted by molar-refractivity contribution is 0.647. The van der Waals surface area contributed by atoms with Gasteiger partial charge in [0.15, 0.2) is 0 Å². The zero-order valence-corrected chi connectivity index (χ0v) is 7.42. The lowest BCUT2D eigenvalue weighted by atomic mass is 10.0. The molecule has 3 N–H and O–H groups in total. The maximum atomic E-state index is 11.0. The van der Waals surface area contributed by atoms with E-state index in [9.17, 15) is 4.79 Å². The van der Waals surface area contributed by atoms with Gasteiger partial charge >= 0.3 is 0 Å². The molecular formula is C9H14N2O. The van der Waals surface area contributed by atoms with Crippen molar-refractivity contribution < 1.29 is 0 Å². The molecule has 0 spiro atoms. The molecule has 1 aromatic heterocycles. The second-order valence-corrected chi connectivity index (χ2v) is 3.34. The Bertz CT molecular complexity index is 315. The van der Waals surface area contributed by atoms with Crippen molar-refractivity contribution in [3.05, 3.63) is 28.2 Å². The third-order valence-corrected chi connectivity index (χ3v) is 1.72. The van der Waals surface area contributed by atoms with Crippen LogP contribution < -0.4 is 11.3 Å². The van der Waals surface area contributed by atoms with Crippen LogP contribution in [0.5, 0.6) is 0 Å². The van der Waals surface area contributed by atoms with Gasteiger partial charge in [0.1, 0.15) is 5.69 Å². The van der Waals surface area contributed by atoms with Gasteiger partial charge in [0.05, 0.1) is 0 Å². The zero-order chi connectivity index (χ0) is 9.14. The van der Waals surface area contributed by atoms with Crippen LogP contribution >= 0.6 is 0 Å². The molecule has 0 bridgehead atoms. The standard InChI is InChI=1S/C9H14N2O/c1-6(2)5-7-3-4-11-9(12)8(7)10/h3-4,6H,5,10H2,1-2H3,(H,11,12). The van der Waals surface area contributed by atoms with Crippen LogP contribution in [0.1, 0.15) is 19.4 Å². The van der Waals surface area contributed by atoms with Crippen molar-refractivity contribution in [1.82, 2.24) is 4.98 Å². The van der Waals surface area contributed by atoms with Crippen LogP contribution in [0.4, 0.5) is 5.69 Å². The van der Waals surface area contributed by atoms with E-state index in [0.717, 1.165) is 12.0 Å². The van der Waals surface area contributed by atoms with Crippen LogP contribution in [0.2, 0.25) is 0 Å². The Balaban J connectivity index is 3.00. The summed E-state index contributed by atoms with van der Waals surface area (Å²) < 4.78 is 0. The largest absolute Gasteiger partial charge is 0.394 e. The van der Waals surface area contributed by atoms with Gasteiger partial charge in [-0.15, -0.1) is 0 Å². The Labute approximate surface area is 71.6 Å². The van der Waals surface area contributed by atoms with Crippen LogP contribution in [-0.4, -0.2) is 4.98 Å². The van der Waals surface area contributed by atoms with Crippen molar-refractivity contribution in [2.45, 2.75) is 20.3 Å². The predicted molar refractivity (Wildman–Crippen MR) is 50.0 cm³/mol. The molecule has 0 amide bonds. The van der Waals surface area contributed by atoms with Crippen molar-refractivity contribution in [2.75, 3.05) is 5.73 Å². The molecule has 0 saturated carbocycles. The van der Waals surface area contributed by atoms with Crippen LogP contribution in [0.15, 0.2) is 17.1 Å². The Hall–Kier alpha value is -1.25. The molecule has 0 aliphatic rings. The van der Waals surface area contributed by atoms with E-state index in [1.54, 1.807) is 6.20 Å². The van der Waals surface area contributed by atoms with Crippen molar-refractivity contribution in [2.24, 2.45) is 5.92 Å². The summed E-state index contributed by atoms with van der Waals surface area (Å²) in [5.74, 6) is 0.522. The molecule has 3 nitrogen and oxygen atoms in total. The molecule has 0 saturated heterocycles. The summed E-state index contributed by atoms with van der Waals surface area (Å²) in [6, 6.07) is 1.86. The highest BCUT2D eigenvalue weighted by molar-refractivity contribution is 5.43. The summed E-state index contributed by atoms with van der Waals surface area (Å²) in [5, 5.41) is 0. The van der Waals surface area contributed by atoms with E-state index < -0.39 is 0 Å². The third kappa shape index (κ3) is 1.87. The highest BCUT2D eigenvalue weighted by Crippen LogP contribution is 2.10. The van der Waals surface area contributed by atoms with Gasteiger partial charge in [0.2, 0.25) is 0 Å². The predicted octanol–water partition coefficient (Wildman–Crippen LogP) is 1.16. The lowest BCUT2D eigenvalue weighted by Gasteiger charge is -2.06. The molecule has 0 atom stereocenters. The van der Waals surface area contributed by atoms with Gasteiger partial charge < -0.3 is 10.7 Å². The zero-order valence-electron chi connectivity index (χ0n) is 7.42. The van der Waals surface area contributed by atoms with Crippen molar-refractivity contribution in [3.8, 4) is 0 Å². The Morgan fingerprint density at radius 2 is 2.25 bits per heavy atom. The Morgan fingerprint density at radius 1 is 1.58 bits per heavy atom. The highest BCUT2D eigenvalue weighted by atomic mass is 16.1. The summed E-state index contributed by atoms with van der Waals surface area (Å²) in [6.07, 6.45) is 2.49. The minimum atomic E-state index is -0.187. The van der Waals surface area contributed by atoms with E-state index in [1.165, 1.54) is 0 Å². The van der Waals surface area contributed by atoms with Gasteiger partial charge in [-0.25, -0.2) is 0 Å². The van der Waals surface area contributed by atoms with Crippen LogP contribution in [0.3, 0.4) is 0 Å². The van der Waals surface area contributed by atoms with Gasteiger partial charge in [-0.05, 0) is 24.0 Å². The minimum Gasteiger partial charge on any atom is -0.394 e. The molecule has 0 radical (unpaired) electrons. The molecule has 0 aliphatic carbocycles. The smallest absolute Gasteiger partial charge is 0.271 e. The first kappa shape index (κ1) is 8.84. The number of nitrogens with two attached hydrogens (primary N) is 1. The van der Waals surface area contributed by atoms with Gasteiger partial charge in [-0.3, -0.25) is 4.79 Å². The van der Waals surface area contributed by atoms with E-state index in [1.807, 2.05) is 6.07 Å². The number of nitrogen functional groups attached to an aromatic ring is 1. The first-order valence-electron chi connectivity index (χ1n) is 4.07. The number of H-pyrrole nitrogens is 1. The van der Waals surface area contributed by atoms with Crippen molar-refractivity contribution in [1.29, 1.82) is 0 Å². The second-order valence-electron chi connectivity index (χ2n) is 3.34. The third-order valence-electron chi connectivity index (χ3n) is 1.72. The fourth-order valence-electron chi connectivity index (χ4n) is 1.15. The quantitative estimate of drug-likeness (QED) is 0.692. The average molecular weight is 166 g/mol.